The fourth-order valence-corrected chi connectivity index (χ4v) is 4.45. The van der Waals surface area contributed by atoms with E-state index in [2.05, 4.69) is 60.4 Å². The lowest BCUT2D eigenvalue weighted by Crippen LogP contribution is -2.31. The molecule has 5 nitrogen and oxygen atoms in total. The molecule has 0 unspecified atom stereocenters. The Hall–Kier alpha value is -2.38. The fraction of sp³-hybridized carbons (Fsp3) is 0.227. The van der Waals surface area contributed by atoms with Gasteiger partial charge in [0.05, 0.1) is 5.75 Å². The topological polar surface area (TPSA) is 58.1 Å². The van der Waals surface area contributed by atoms with Crippen LogP contribution >= 0.6 is 27.7 Å². The van der Waals surface area contributed by atoms with Crippen molar-refractivity contribution in [3.8, 4) is 0 Å². The molecular weight excluding hydrogens is 448 g/mol. The molecule has 7 heteroatoms. The second-order valence-electron chi connectivity index (χ2n) is 6.93. The summed E-state index contributed by atoms with van der Waals surface area (Å²) in [6.45, 7) is 3.75. The number of hydrogen-bond donors (Lipinski definition) is 1. The van der Waals surface area contributed by atoms with Gasteiger partial charge in [-0.3, -0.25) is 4.79 Å². The molecule has 0 atom stereocenters. The minimum atomic E-state index is -0.0682. The summed E-state index contributed by atoms with van der Waals surface area (Å²) in [5.41, 5.74) is 4.59. The summed E-state index contributed by atoms with van der Waals surface area (Å²) in [6.07, 6.45) is 2.78. The number of nitrogens with zero attached hydrogens (tertiary/aromatic N) is 3. The Morgan fingerprint density at radius 3 is 2.86 bits per heavy atom. The smallest absolute Gasteiger partial charge is 0.234 e. The highest BCUT2D eigenvalue weighted by molar-refractivity contribution is 9.10. The van der Waals surface area contributed by atoms with Gasteiger partial charge in [-0.05, 0) is 54.3 Å². The summed E-state index contributed by atoms with van der Waals surface area (Å²) in [6, 6.07) is 16.3. The molecule has 1 aliphatic heterocycles. The molecule has 148 valence electrons. The van der Waals surface area contributed by atoms with Crippen molar-refractivity contribution in [3.63, 3.8) is 0 Å². The quantitative estimate of drug-likeness (QED) is 0.428. The molecule has 0 fully saturated rings. The Balaban J connectivity index is 1.37. The highest BCUT2D eigenvalue weighted by Crippen LogP contribution is 2.25. The van der Waals surface area contributed by atoms with E-state index in [0.717, 1.165) is 41.1 Å². The van der Waals surface area contributed by atoms with E-state index in [9.17, 15) is 4.79 Å². The predicted octanol–water partition coefficient (Wildman–Crippen LogP) is 4.84. The molecule has 29 heavy (non-hydrogen) atoms. The molecule has 1 aromatic heterocycles. The van der Waals surface area contributed by atoms with Gasteiger partial charge in [-0.15, -0.1) is 0 Å². The van der Waals surface area contributed by atoms with E-state index in [1.54, 1.807) is 6.20 Å². The van der Waals surface area contributed by atoms with Gasteiger partial charge < -0.3 is 10.2 Å². The second-order valence-corrected chi connectivity index (χ2v) is 8.79. The number of aryl methyl sites for hydroxylation is 1. The number of fused-ring (bicyclic) bond motifs is 1. The number of thioether (sulfide) groups is 1. The molecule has 4 rings (SSSR count). The van der Waals surface area contributed by atoms with Crippen molar-refractivity contribution in [3.05, 3.63) is 75.9 Å². The zero-order chi connectivity index (χ0) is 20.2. The predicted molar refractivity (Wildman–Crippen MR) is 121 cm³/mol. The van der Waals surface area contributed by atoms with Gasteiger partial charge in [-0.25, -0.2) is 9.97 Å². The molecule has 0 spiro atoms. The molecule has 1 amide bonds. The molecule has 2 heterocycles. The van der Waals surface area contributed by atoms with Crippen LogP contribution in [0.4, 0.5) is 11.5 Å². The Kier molecular flexibility index (Phi) is 6.16. The van der Waals surface area contributed by atoms with Crippen molar-refractivity contribution >= 4 is 45.1 Å². The summed E-state index contributed by atoms with van der Waals surface area (Å²) in [4.78, 5) is 23.6. The summed E-state index contributed by atoms with van der Waals surface area (Å²) in [5.74, 6) is 1.10. The number of hydrogen-bond acceptors (Lipinski definition) is 5. The maximum atomic E-state index is 12.3. The summed E-state index contributed by atoms with van der Waals surface area (Å²) >= 11 is 4.79. The van der Waals surface area contributed by atoms with Crippen LogP contribution in [0.3, 0.4) is 0 Å². The van der Waals surface area contributed by atoms with E-state index in [0.29, 0.717) is 5.16 Å². The number of halogens is 1. The molecule has 0 bridgehead atoms. The van der Waals surface area contributed by atoms with Crippen LogP contribution in [0.25, 0.3) is 0 Å². The van der Waals surface area contributed by atoms with Crippen molar-refractivity contribution < 1.29 is 4.79 Å². The van der Waals surface area contributed by atoms with Gasteiger partial charge in [0.1, 0.15) is 5.82 Å². The van der Waals surface area contributed by atoms with Crippen molar-refractivity contribution in [2.45, 2.75) is 25.0 Å². The molecule has 0 saturated carbocycles. The molecular formula is C22H21BrN4OS. The van der Waals surface area contributed by atoms with E-state index < -0.39 is 0 Å². The minimum Gasteiger partial charge on any atom is -0.352 e. The summed E-state index contributed by atoms with van der Waals surface area (Å²) in [5, 5.41) is 3.56. The van der Waals surface area contributed by atoms with E-state index in [4.69, 9.17) is 0 Å². The molecule has 1 aliphatic rings. The number of nitrogens with one attached hydrogen (secondary N) is 1. The molecule has 0 aliphatic carbocycles. The zero-order valence-electron chi connectivity index (χ0n) is 16.1. The maximum absolute atomic E-state index is 12.3. The zero-order valence-corrected chi connectivity index (χ0v) is 18.5. The number of benzene rings is 2. The Bertz CT molecular complexity index is 1040. The van der Waals surface area contributed by atoms with Crippen molar-refractivity contribution in [2.75, 3.05) is 22.5 Å². The van der Waals surface area contributed by atoms with E-state index in [-0.39, 0.29) is 11.7 Å². The van der Waals surface area contributed by atoms with Crippen LogP contribution in [0.15, 0.2) is 64.4 Å². The van der Waals surface area contributed by atoms with Crippen LogP contribution in [0.1, 0.15) is 16.7 Å². The largest absolute Gasteiger partial charge is 0.352 e. The van der Waals surface area contributed by atoms with Crippen LogP contribution in [-0.2, 0) is 17.8 Å². The van der Waals surface area contributed by atoms with Gasteiger partial charge in [0.15, 0.2) is 5.16 Å². The molecule has 2 aromatic carbocycles. The molecule has 3 aromatic rings. The van der Waals surface area contributed by atoms with Gasteiger partial charge in [-0.2, -0.15) is 0 Å². The number of rotatable bonds is 5. The first-order valence-corrected chi connectivity index (χ1v) is 11.2. The fourth-order valence-electron chi connectivity index (χ4n) is 3.35. The number of aromatic nitrogens is 2. The number of carbonyl (C=O) groups is 1. The third-order valence-corrected chi connectivity index (χ3v) is 6.22. The van der Waals surface area contributed by atoms with E-state index >= 15 is 0 Å². The van der Waals surface area contributed by atoms with Crippen molar-refractivity contribution in [1.82, 2.24) is 9.97 Å². The number of carbonyl (C=O) groups excluding carboxylic acids is 1. The van der Waals surface area contributed by atoms with Crippen molar-refractivity contribution in [2.24, 2.45) is 0 Å². The second kappa shape index (κ2) is 8.97. The monoisotopic (exact) mass is 468 g/mol. The van der Waals surface area contributed by atoms with E-state index in [1.807, 2.05) is 31.2 Å². The molecule has 1 N–H and O–H groups in total. The molecule has 0 radical (unpaired) electrons. The first-order chi connectivity index (χ1) is 14.1. The van der Waals surface area contributed by atoms with Gasteiger partial charge in [0.2, 0.25) is 5.91 Å². The third-order valence-electron chi connectivity index (χ3n) is 4.87. The lowest BCUT2D eigenvalue weighted by atomic mass is 10.00. The van der Waals surface area contributed by atoms with Gasteiger partial charge >= 0.3 is 0 Å². The maximum Gasteiger partial charge on any atom is 0.234 e. The van der Waals surface area contributed by atoms with Crippen molar-refractivity contribution in [1.29, 1.82) is 0 Å². The highest BCUT2D eigenvalue weighted by Gasteiger charge is 2.17. The van der Waals surface area contributed by atoms with E-state index in [1.165, 1.54) is 22.9 Å². The van der Waals surface area contributed by atoms with Crippen LogP contribution in [0.5, 0.6) is 0 Å². The minimum absolute atomic E-state index is 0.0682. The average molecular weight is 469 g/mol. The number of amides is 1. The first kappa shape index (κ1) is 19.9. The Morgan fingerprint density at radius 1 is 1.21 bits per heavy atom. The highest BCUT2D eigenvalue weighted by atomic mass is 79.9. The summed E-state index contributed by atoms with van der Waals surface area (Å²) in [7, 11) is 0. The van der Waals surface area contributed by atoms with Crippen LogP contribution < -0.4 is 10.2 Å². The van der Waals surface area contributed by atoms with Crippen LogP contribution in [0, 0.1) is 6.92 Å². The number of anilines is 2. The van der Waals surface area contributed by atoms with Gasteiger partial charge in [0, 0.05) is 29.4 Å². The van der Waals surface area contributed by atoms with Gasteiger partial charge in [0.25, 0.3) is 0 Å². The average Bonchev–Trinajstić information content (AvgIpc) is 2.74. The van der Waals surface area contributed by atoms with Crippen LogP contribution in [-0.4, -0.2) is 28.2 Å². The normalized spacial score (nSPS) is 13.1. The first-order valence-electron chi connectivity index (χ1n) is 9.42. The molecule has 0 saturated heterocycles. The summed E-state index contributed by atoms with van der Waals surface area (Å²) < 4.78 is 0.993. The van der Waals surface area contributed by atoms with Gasteiger partial charge in [-0.1, -0.05) is 52.0 Å². The SMILES string of the molecule is Cc1cc(Br)ccc1NC(=O)CSc1nccc(N2CCc3ccccc3C2)n1. The standard InChI is InChI=1S/C22H21BrN4OS/c1-15-12-18(23)6-7-19(15)25-21(28)14-29-22-24-10-8-20(26-22)27-11-9-16-4-2-3-5-17(16)13-27/h2-8,10,12H,9,11,13-14H2,1H3,(H,25,28). The lowest BCUT2D eigenvalue weighted by Gasteiger charge is -2.29. The Morgan fingerprint density at radius 2 is 2.03 bits per heavy atom. The lowest BCUT2D eigenvalue weighted by molar-refractivity contribution is -0.113. The Labute approximate surface area is 183 Å². The third kappa shape index (κ3) is 4.97. The van der Waals surface area contributed by atoms with Crippen LogP contribution in [0.2, 0.25) is 0 Å².